The van der Waals surface area contributed by atoms with Gasteiger partial charge < -0.3 is 28.6 Å². The van der Waals surface area contributed by atoms with Gasteiger partial charge in [0.25, 0.3) is 0 Å². The third kappa shape index (κ3) is 40.4. The van der Waals surface area contributed by atoms with Crippen molar-refractivity contribution in [3.63, 3.8) is 0 Å². The second kappa shape index (κ2) is 42.7. The van der Waals surface area contributed by atoms with Crippen molar-refractivity contribution in [3.05, 3.63) is 60.8 Å². The normalized spacial score (nSPS) is 13.4. The molecular weight excluding hydrogens is 751 g/mol. The molecule has 0 spiro atoms. The molecule has 0 heterocycles. The Labute approximate surface area is 368 Å². The van der Waals surface area contributed by atoms with Crippen molar-refractivity contribution in [3.8, 4) is 0 Å². The monoisotopic (exact) mass is 842 g/mol. The number of ether oxygens (including phenoxy) is 3. The van der Waals surface area contributed by atoms with Gasteiger partial charge in [-0.2, -0.15) is 0 Å². The summed E-state index contributed by atoms with van der Waals surface area (Å²) in [5.74, 6) is -1.78. The number of likely N-dealkylation sites (N-methyl/N-ethyl adjacent to an activating group) is 1. The fourth-order valence-corrected chi connectivity index (χ4v) is 6.89. The SMILES string of the molecule is CCCCCCC/C=C/C=C/C=C/CCCCCCCC(=O)OCC(COCCC(C(=O)[O-])[N+](C)(C)C)OC(=O)CCCCCCC/C=C/C=C/CCCCCCCCC. The smallest absolute Gasteiger partial charge is 0.306 e. The number of hydrogen-bond acceptors (Lipinski definition) is 7. The van der Waals surface area contributed by atoms with Crippen LogP contribution in [0.15, 0.2) is 60.8 Å². The molecule has 0 saturated heterocycles. The van der Waals surface area contributed by atoms with Gasteiger partial charge in [-0.15, -0.1) is 0 Å². The van der Waals surface area contributed by atoms with Gasteiger partial charge in [0, 0.05) is 19.3 Å². The van der Waals surface area contributed by atoms with E-state index in [4.69, 9.17) is 14.2 Å². The average molecular weight is 842 g/mol. The Morgan fingerprint density at radius 1 is 0.500 bits per heavy atom. The van der Waals surface area contributed by atoms with E-state index in [0.29, 0.717) is 12.8 Å². The van der Waals surface area contributed by atoms with Crippen molar-refractivity contribution >= 4 is 17.9 Å². The van der Waals surface area contributed by atoms with E-state index in [1.165, 1.54) is 77.0 Å². The van der Waals surface area contributed by atoms with Gasteiger partial charge in [-0.1, -0.05) is 177 Å². The standard InChI is InChI=1S/C52H91NO7/c1-6-8-10-12-14-16-18-20-22-24-26-28-30-32-34-36-38-40-42-50(54)59-47-48(46-58-45-44-49(52(56)57)53(3,4)5)60-51(55)43-41-39-37-35-33-31-29-27-25-23-21-19-17-15-13-11-9-7-2/h18,20,22-29,48-49H,6-17,19,21,30-47H2,1-5H3/b20-18+,24-22+,25-23+,28-26+,29-27+. The third-order valence-corrected chi connectivity index (χ3v) is 10.7. The zero-order valence-electron chi connectivity index (χ0n) is 39.4. The number of rotatable bonds is 43. The number of carbonyl (C=O) groups excluding carboxylic acids is 3. The van der Waals surface area contributed by atoms with E-state index < -0.39 is 18.1 Å². The zero-order valence-corrected chi connectivity index (χ0v) is 39.4. The van der Waals surface area contributed by atoms with E-state index in [-0.39, 0.29) is 42.7 Å². The molecule has 0 aromatic rings. The Hall–Kier alpha value is -2.97. The Morgan fingerprint density at radius 2 is 0.883 bits per heavy atom. The minimum atomic E-state index is -1.13. The summed E-state index contributed by atoms with van der Waals surface area (Å²) >= 11 is 0. The van der Waals surface area contributed by atoms with E-state index in [9.17, 15) is 19.5 Å². The Bertz CT molecular complexity index is 1170. The zero-order chi connectivity index (χ0) is 44.2. The molecule has 0 rings (SSSR count). The molecule has 8 nitrogen and oxygen atoms in total. The van der Waals surface area contributed by atoms with Crippen molar-refractivity contribution in [1.82, 2.24) is 0 Å². The number of carboxylic acid groups (broad SMARTS) is 1. The van der Waals surface area contributed by atoms with E-state index in [0.717, 1.165) is 89.9 Å². The van der Waals surface area contributed by atoms with E-state index in [1.54, 1.807) is 21.1 Å². The summed E-state index contributed by atoms with van der Waals surface area (Å²) < 4.78 is 17.2. The predicted octanol–water partition coefficient (Wildman–Crippen LogP) is 12.4. The highest BCUT2D eigenvalue weighted by Crippen LogP contribution is 2.13. The number of esters is 2. The van der Waals surface area contributed by atoms with Crippen LogP contribution >= 0.6 is 0 Å². The number of nitrogens with zero attached hydrogens (tertiary/aromatic N) is 1. The number of aliphatic carboxylic acids is 1. The first-order valence-corrected chi connectivity index (χ1v) is 24.4. The average Bonchev–Trinajstić information content (AvgIpc) is 3.21. The first-order valence-electron chi connectivity index (χ1n) is 24.4. The summed E-state index contributed by atoms with van der Waals surface area (Å²) in [5, 5.41) is 11.6. The molecule has 0 radical (unpaired) electrons. The van der Waals surface area contributed by atoms with Crippen LogP contribution in [0, 0.1) is 0 Å². The van der Waals surface area contributed by atoms with E-state index in [1.807, 2.05) is 0 Å². The molecule has 2 atom stereocenters. The van der Waals surface area contributed by atoms with Crippen LogP contribution in [0.2, 0.25) is 0 Å². The number of hydrogen-bond donors (Lipinski definition) is 0. The molecule has 0 aliphatic rings. The lowest BCUT2D eigenvalue weighted by molar-refractivity contribution is -0.889. The minimum Gasteiger partial charge on any atom is -0.544 e. The maximum atomic E-state index is 12.8. The summed E-state index contributed by atoms with van der Waals surface area (Å²) in [6, 6.07) is -0.734. The number of carbonyl (C=O) groups is 3. The van der Waals surface area contributed by atoms with E-state index >= 15 is 0 Å². The summed E-state index contributed by atoms with van der Waals surface area (Å²) in [7, 11) is 5.40. The van der Waals surface area contributed by atoms with Gasteiger partial charge in [0.15, 0.2) is 6.10 Å². The topological polar surface area (TPSA) is 102 Å². The molecule has 0 N–H and O–H groups in total. The van der Waals surface area contributed by atoms with Crippen LogP contribution < -0.4 is 5.11 Å². The maximum absolute atomic E-state index is 12.8. The van der Waals surface area contributed by atoms with Crippen LogP contribution in [-0.4, -0.2) is 75.5 Å². The molecule has 0 aromatic carbocycles. The molecule has 0 amide bonds. The van der Waals surface area contributed by atoms with Crippen LogP contribution in [0.4, 0.5) is 0 Å². The molecule has 60 heavy (non-hydrogen) atoms. The third-order valence-electron chi connectivity index (χ3n) is 10.7. The predicted molar refractivity (Wildman–Crippen MR) is 249 cm³/mol. The van der Waals surface area contributed by atoms with Crippen molar-refractivity contribution in [1.29, 1.82) is 0 Å². The van der Waals surface area contributed by atoms with Gasteiger partial charge >= 0.3 is 11.9 Å². The molecule has 0 aliphatic heterocycles. The quantitative estimate of drug-likeness (QED) is 0.0261. The Morgan fingerprint density at radius 3 is 1.30 bits per heavy atom. The van der Waals surface area contributed by atoms with Gasteiger partial charge in [-0.3, -0.25) is 9.59 Å². The number of allylic oxidation sites excluding steroid dienone is 10. The summed E-state index contributed by atoms with van der Waals surface area (Å²) in [5.41, 5.74) is 0. The number of unbranched alkanes of at least 4 members (excludes halogenated alkanes) is 22. The molecule has 2 unspecified atom stereocenters. The Balaban J connectivity index is 4.37. The highest BCUT2D eigenvalue weighted by molar-refractivity contribution is 5.70. The fourth-order valence-electron chi connectivity index (χ4n) is 6.89. The van der Waals surface area contributed by atoms with Crippen LogP contribution in [0.5, 0.6) is 0 Å². The summed E-state index contributed by atoms with van der Waals surface area (Å²) in [6.07, 6.45) is 52.4. The van der Waals surface area contributed by atoms with Crippen molar-refractivity contribution in [2.45, 2.75) is 212 Å². The fraction of sp³-hybridized carbons (Fsp3) is 0.750. The minimum absolute atomic E-state index is 0.0257. The van der Waals surface area contributed by atoms with Gasteiger partial charge in [0.1, 0.15) is 12.6 Å². The second-order valence-electron chi connectivity index (χ2n) is 17.4. The van der Waals surface area contributed by atoms with Crippen molar-refractivity contribution in [2.24, 2.45) is 0 Å². The number of quaternary nitrogens is 1. The molecule has 346 valence electrons. The summed E-state index contributed by atoms with van der Waals surface area (Å²) in [6.45, 7) is 4.61. The first kappa shape index (κ1) is 57.0. The molecule has 0 aromatic heterocycles. The molecule has 0 saturated carbocycles. The first-order chi connectivity index (χ1) is 29.1. The highest BCUT2D eigenvalue weighted by Gasteiger charge is 2.25. The van der Waals surface area contributed by atoms with Crippen LogP contribution in [0.1, 0.15) is 200 Å². The summed E-state index contributed by atoms with van der Waals surface area (Å²) in [4.78, 5) is 37.0. The lowest BCUT2D eigenvalue weighted by atomic mass is 10.1. The lowest BCUT2D eigenvalue weighted by Crippen LogP contribution is -2.55. The number of carboxylic acids is 1. The molecule has 0 fully saturated rings. The van der Waals surface area contributed by atoms with E-state index in [2.05, 4.69) is 74.6 Å². The molecule has 8 heteroatoms. The lowest BCUT2D eigenvalue weighted by Gasteiger charge is -2.34. The van der Waals surface area contributed by atoms with Gasteiger partial charge in [-0.25, -0.2) is 0 Å². The van der Waals surface area contributed by atoms with Gasteiger partial charge in [-0.05, 0) is 64.2 Å². The van der Waals surface area contributed by atoms with Crippen molar-refractivity contribution < 1.29 is 38.2 Å². The van der Waals surface area contributed by atoms with Crippen LogP contribution in [0.25, 0.3) is 0 Å². The Kier molecular flexibility index (Phi) is 40.6. The van der Waals surface area contributed by atoms with Crippen LogP contribution in [-0.2, 0) is 28.6 Å². The largest absolute Gasteiger partial charge is 0.544 e. The molecule has 0 bridgehead atoms. The molecular formula is C52H91NO7. The van der Waals surface area contributed by atoms with Crippen molar-refractivity contribution in [2.75, 3.05) is 41.0 Å². The van der Waals surface area contributed by atoms with Crippen LogP contribution in [0.3, 0.4) is 0 Å². The maximum Gasteiger partial charge on any atom is 0.306 e. The van der Waals surface area contributed by atoms with Gasteiger partial charge in [0.2, 0.25) is 0 Å². The van der Waals surface area contributed by atoms with Gasteiger partial charge in [0.05, 0.1) is 40.3 Å². The second-order valence-corrected chi connectivity index (χ2v) is 17.4. The highest BCUT2D eigenvalue weighted by atomic mass is 16.6. The molecule has 0 aliphatic carbocycles.